The molecular weight excluding hydrogens is 164 g/mol. The van der Waals surface area contributed by atoms with Crippen molar-refractivity contribution in [2.75, 3.05) is 12.0 Å². The van der Waals surface area contributed by atoms with Crippen molar-refractivity contribution < 1.29 is 0 Å². The first-order valence-electron chi connectivity index (χ1n) is 3.40. The Morgan fingerprint density at radius 3 is 1.67 bits per heavy atom. The minimum Gasteiger partial charge on any atom is -0.165 e. The van der Waals surface area contributed by atoms with E-state index in [9.17, 15) is 0 Å². The number of thioether (sulfide) groups is 1. The molecule has 0 aliphatic rings. The Hall–Kier alpha value is 0.350. The minimum absolute atomic E-state index is 0. The second-order valence-electron chi connectivity index (χ2n) is 2.05. The lowest BCUT2D eigenvalue weighted by atomic mass is 10.2. The molecule has 0 N–H and O–H groups in total. The molecule has 0 nitrogen and oxygen atoms in total. The van der Waals surface area contributed by atoms with Gasteiger partial charge in [-0.2, -0.15) is 11.8 Å². The van der Waals surface area contributed by atoms with Gasteiger partial charge < -0.3 is 0 Å². The van der Waals surface area contributed by atoms with Crippen LogP contribution >= 0.6 is 11.8 Å². The molecule has 1 heteroatoms. The smallest absolute Gasteiger partial charge is 0.00703 e. The van der Waals surface area contributed by atoms with Crippen LogP contribution in [0, 0.1) is 0 Å². The number of hydrogen-bond donors (Lipinski definition) is 0. The summed E-state index contributed by atoms with van der Waals surface area (Å²) in [7, 11) is 0. The van der Waals surface area contributed by atoms with E-state index in [1.54, 1.807) is 0 Å². The van der Waals surface area contributed by atoms with Crippen LogP contribution < -0.4 is 0 Å². The fourth-order valence-electron chi connectivity index (χ4n) is 0.673. The lowest BCUT2D eigenvalue weighted by molar-refractivity contribution is 0.707. The van der Waals surface area contributed by atoms with Gasteiger partial charge in [-0.1, -0.05) is 55.9 Å². The molecule has 0 fully saturated rings. The molecule has 0 aromatic carbocycles. The van der Waals surface area contributed by atoms with Crippen LogP contribution in [0.2, 0.25) is 0 Å². The Bertz CT molecular complexity index is 30.0. The highest BCUT2D eigenvalue weighted by Gasteiger charge is 1.83. The monoisotopic (exact) mass is 196 g/mol. The normalized spacial score (nSPS) is 6.50. The molecule has 0 aromatic heterocycles. The van der Waals surface area contributed by atoms with Crippen LogP contribution in [0.4, 0.5) is 0 Å². The summed E-state index contributed by atoms with van der Waals surface area (Å²) in [5.41, 5.74) is 0. The lowest BCUT2D eigenvalue weighted by Crippen LogP contribution is -1.77. The third-order valence-electron chi connectivity index (χ3n) is 1.20. The predicted molar refractivity (Wildman–Crippen MR) is 69.4 cm³/mol. The largest absolute Gasteiger partial charge is 0.165 e. The maximum Gasteiger partial charge on any atom is -0.00703 e. The molecule has 0 unspecified atom stereocenters. The molecule has 0 aromatic rings. The van der Waals surface area contributed by atoms with E-state index < -0.39 is 0 Å². The predicted octanol–water partition coefficient (Wildman–Crippen LogP) is 5.47. The van der Waals surface area contributed by atoms with E-state index >= 15 is 0 Å². The Labute approximate surface area is 86.5 Å². The van der Waals surface area contributed by atoms with Crippen LogP contribution in [0.1, 0.15) is 62.3 Å². The van der Waals surface area contributed by atoms with Gasteiger partial charge in [0.15, 0.2) is 0 Å². The number of hydrogen-bond acceptors (Lipinski definition) is 1. The van der Waals surface area contributed by atoms with E-state index in [0.29, 0.717) is 0 Å². The van der Waals surface area contributed by atoms with Crippen LogP contribution in [0.25, 0.3) is 0 Å². The minimum atomic E-state index is 0. The molecule has 0 atom stereocenters. The summed E-state index contributed by atoms with van der Waals surface area (Å²) in [5.74, 6) is 1.35. The standard InChI is InChI=1S/C7H16S.4CH4/c1-3-4-5-6-7-8-2;;;;/h3-7H2,1-2H3;4*1H4. The zero-order chi connectivity index (χ0) is 6.24. The van der Waals surface area contributed by atoms with Crippen LogP contribution in [-0.2, 0) is 0 Å². The molecule has 0 heterocycles. The number of rotatable bonds is 5. The van der Waals surface area contributed by atoms with Crippen molar-refractivity contribution in [2.45, 2.75) is 62.3 Å². The first-order chi connectivity index (χ1) is 3.91. The van der Waals surface area contributed by atoms with E-state index in [1.807, 2.05) is 11.8 Å². The molecule has 0 saturated heterocycles. The molecule has 0 saturated carbocycles. The SMILES string of the molecule is C.C.C.C.CCCCCCSC. The van der Waals surface area contributed by atoms with Gasteiger partial charge in [-0.15, -0.1) is 0 Å². The molecule has 0 bridgehead atoms. The maximum absolute atomic E-state index is 2.25. The van der Waals surface area contributed by atoms with Crippen molar-refractivity contribution in [3.63, 3.8) is 0 Å². The molecule has 12 heavy (non-hydrogen) atoms. The van der Waals surface area contributed by atoms with Gasteiger partial charge in [0, 0.05) is 0 Å². The van der Waals surface area contributed by atoms with Crippen LogP contribution in [0.5, 0.6) is 0 Å². The van der Waals surface area contributed by atoms with Crippen molar-refractivity contribution >= 4 is 11.8 Å². The summed E-state index contributed by atoms with van der Waals surface area (Å²) in [6.07, 6.45) is 7.78. The van der Waals surface area contributed by atoms with Gasteiger partial charge in [0.2, 0.25) is 0 Å². The van der Waals surface area contributed by atoms with Crippen molar-refractivity contribution in [2.24, 2.45) is 0 Å². The highest BCUT2D eigenvalue weighted by Crippen LogP contribution is 2.03. The average Bonchev–Trinajstić information content (AvgIpc) is 1.81. The van der Waals surface area contributed by atoms with Gasteiger partial charge in [-0.25, -0.2) is 0 Å². The van der Waals surface area contributed by atoms with E-state index in [0.717, 1.165) is 0 Å². The third-order valence-corrected chi connectivity index (χ3v) is 1.90. The van der Waals surface area contributed by atoms with Gasteiger partial charge in [0.1, 0.15) is 0 Å². The average molecular weight is 196 g/mol. The summed E-state index contributed by atoms with van der Waals surface area (Å²) in [6, 6.07) is 0. The third kappa shape index (κ3) is 31.6. The first kappa shape index (κ1) is 29.4. The zero-order valence-electron chi connectivity index (χ0n) is 5.94. The van der Waals surface area contributed by atoms with Crippen LogP contribution in [0.3, 0.4) is 0 Å². The number of unbranched alkanes of at least 4 members (excludes halogenated alkanes) is 3. The van der Waals surface area contributed by atoms with E-state index in [-0.39, 0.29) is 29.7 Å². The second kappa shape index (κ2) is 30.2. The summed E-state index contributed by atoms with van der Waals surface area (Å²) >= 11 is 1.95. The quantitative estimate of drug-likeness (QED) is 0.525. The molecule has 82 valence electrons. The van der Waals surface area contributed by atoms with E-state index in [4.69, 9.17) is 0 Å². The lowest BCUT2D eigenvalue weighted by Gasteiger charge is -1.93. The topological polar surface area (TPSA) is 0 Å². The van der Waals surface area contributed by atoms with Crippen molar-refractivity contribution in [3.8, 4) is 0 Å². The van der Waals surface area contributed by atoms with Gasteiger partial charge >= 0.3 is 0 Å². The fourth-order valence-corrected chi connectivity index (χ4v) is 1.17. The Balaban J connectivity index is -0.0000000408. The summed E-state index contributed by atoms with van der Waals surface area (Å²) < 4.78 is 0. The fraction of sp³-hybridized carbons (Fsp3) is 1.00. The molecule has 0 radical (unpaired) electrons. The van der Waals surface area contributed by atoms with Gasteiger partial charge in [0.25, 0.3) is 0 Å². The highest BCUT2D eigenvalue weighted by atomic mass is 32.2. The maximum atomic E-state index is 2.25. The Morgan fingerprint density at radius 1 is 0.833 bits per heavy atom. The van der Waals surface area contributed by atoms with E-state index in [2.05, 4.69) is 13.2 Å². The van der Waals surface area contributed by atoms with Gasteiger partial charge in [0.05, 0.1) is 0 Å². The highest BCUT2D eigenvalue weighted by molar-refractivity contribution is 7.98. The zero-order valence-corrected chi connectivity index (χ0v) is 6.76. The molecule has 0 aliphatic carbocycles. The second-order valence-corrected chi connectivity index (χ2v) is 3.04. The Morgan fingerprint density at radius 2 is 1.33 bits per heavy atom. The summed E-state index contributed by atoms with van der Waals surface area (Å²) in [5, 5.41) is 0. The van der Waals surface area contributed by atoms with Crippen molar-refractivity contribution in [1.82, 2.24) is 0 Å². The van der Waals surface area contributed by atoms with Gasteiger partial charge in [-0.05, 0) is 18.4 Å². The van der Waals surface area contributed by atoms with Crippen molar-refractivity contribution in [3.05, 3.63) is 0 Å². The van der Waals surface area contributed by atoms with Crippen LogP contribution in [0.15, 0.2) is 0 Å². The molecule has 0 aliphatic heterocycles. The molecule has 0 spiro atoms. The summed E-state index contributed by atoms with van der Waals surface area (Å²) in [4.78, 5) is 0. The molecular formula is C11H32S. The molecule has 0 amide bonds. The molecule has 0 rings (SSSR count). The summed E-state index contributed by atoms with van der Waals surface area (Å²) in [6.45, 7) is 2.25. The van der Waals surface area contributed by atoms with Gasteiger partial charge in [-0.3, -0.25) is 0 Å². The van der Waals surface area contributed by atoms with Crippen molar-refractivity contribution in [1.29, 1.82) is 0 Å². The Kier molecular flexibility index (Phi) is 74.0. The van der Waals surface area contributed by atoms with Crippen LogP contribution in [-0.4, -0.2) is 12.0 Å². The first-order valence-corrected chi connectivity index (χ1v) is 4.80. The van der Waals surface area contributed by atoms with E-state index in [1.165, 1.54) is 31.4 Å².